The molecule has 0 saturated carbocycles. The molecule has 0 unspecified atom stereocenters. The summed E-state index contributed by atoms with van der Waals surface area (Å²) in [5, 5.41) is 7.98. The molecule has 0 radical (unpaired) electrons. The van der Waals surface area contributed by atoms with Crippen molar-refractivity contribution in [2.24, 2.45) is 5.92 Å². The minimum absolute atomic E-state index is 0.0420. The molecule has 20 heavy (non-hydrogen) atoms. The Balaban J connectivity index is 2.35. The zero-order valence-corrected chi connectivity index (χ0v) is 12.0. The minimum Gasteiger partial charge on any atom is -0.477 e. The van der Waals surface area contributed by atoms with Crippen molar-refractivity contribution in [2.75, 3.05) is 6.61 Å². The highest BCUT2D eigenvalue weighted by molar-refractivity contribution is 5.26. The topological polar surface area (TPSA) is 57.0 Å². The van der Waals surface area contributed by atoms with Crippen LogP contribution in [0.2, 0.25) is 0 Å². The molecule has 0 fully saturated rings. The van der Waals surface area contributed by atoms with Gasteiger partial charge in [-0.2, -0.15) is 0 Å². The predicted octanol–water partition coefficient (Wildman–Crippen LogP) is 2.22. The van der Waals surface area contributed by atoms with E-state index in [1.807, 2.05) is 19.1 Å². The number of aromatic nitrogens is 3. The van der Waals surface area contributed by atoms with Crippen LogP contribution in [0.25, 0.3) is 5.82 Å². The van der Waals surface area contributed by atoms with Gasteiger partial charge < -0.3 is 4.74 Å². The van der Waals surface area contributed by atoms with Gasteiger partial charge in [0.25, 0.3) is 5.56 Å². The van der Waals surface area contributed by atoms with Gasteiger partial charge in [0, 0.05) is 17.8 Å². The van der Waals surface area contributed by atoms with Crippen LogP contribution in [0.15, 0.2) is 35.3 Å². The predicted molar refractivity (Wildman–Crippen MR) is 77.3 cm³/mol. The van der Waals surface area contributed by atoms with Crippen molar-refractivity contribution >= 4 is 0 Å². The lowest BCUT2D eigenvalue weighted by Crippen LogP contribution is -2.23. The van der Waals surface area contributed by atoms with E-state index in [1.165, 1.54) is 4.57 Å². The van der Waals surface area contributed by atoms with E-state index in [2.05, 4.69) is 24.0 Å². The maximum absolute atomic E-state index is 12.4. The van der Waals surface area contributed by atoms with Crippen LogP contribution in [-0.2, 0) is 6.42 Å². The lowest BCUT2D eigenvalue weighted by Gasteiger charge is -2.09. The molecule has 0 aliphatic rings. The normalized spacial score (nSPS) is 10.8. The van der Waals surface area contributed by atoms with E-state index in [1.54, 1.807) is 18.3 Å². The molecule has 0 aliphatic heterocycles. The first kappa shape index (κ1) is 14.2. The van der Waals surface area contributed by atoms with Gasteiger partial charge >= 0.3 is 0 Å². The second kappa shape index (κ2) is 6.32. The number of pyridine rings is 1. The highest BCUT2D eigenvalue weighted by Crippen LogP contribution is 2.08. The number of hydrogen-bond donors (Lipinski definition) is 0. The summed E-state index contributed by atoms with van der Waals surface area (Å²) < 4.78 is 6.76. The standard InChI is InChI=1S/C15H19N3O2/c1-4-20-14-8-7-13(16-17-14)18-9-5-6-12(15(18)19)10-11(2)3/h5-9,11H,4,10H2,1-3H3. The second-order valence-corrected chi connectivity index (χ2v) is 4.97. The third kappa shape index (κ3) is 3.23. The summed E-state index contributed by atoms with van der Waals surface area (Å²) in [6.45, 7) is 6.61. The Morgan fingerprint density at radius 1 is 1.25 bits per heavy atom. The Hall–Kier alpha value is -2.17. The van der Waals surface area contributed by atoms with Gasteiger partial charge in [0.1, 0.15) is 0 Å². The monoisotopic (exact) mass is 273 g/mol. The van der Waals surface area contributed by atoms with Crippen LogP contribution in [0.1, 0.15) is 26.3 Å². The average molecular weight is 273 g/mol. The molecule has 0 N–H and O–H groups in total. The van der Waals surface area contributed by atoms with Gasteiger partial charge in [-0.15, -0.1) is 10.2 Å². The fourth-order valence-electron chi connectivity index (χ4n) is 1.98. The van der Waals surface area contributed by atoms with Crippen molar-refractivity contribution in [1.29, 1.82) is 0 Å². The lowest BCUT2D eigenvalue weighted by atomic mass is 10.0. The van der Waals surface area contributed by atoms with E-state index in [0.29, 0.717) is 24.2 Å². The van der Waals surface area contributed by atoms with Crippen molar-refractivity contribution in [1.82, 2.24) is 14.8 Å². The summed E-state index contributed by atoms with van der Waals surface area (Å²) in [5.74, 6) is 1.40. The molecule has 0 saturated heterocycles. The van der Waals surface area contributed by atoms with Crippen molar-refractivity contribution in [3.05, 3.63) is 46.4 Å². The summed E-state index contributed by atoms with van der Waals surface area (Å²) in [5.41, 5.74) is 0.748. The first-order valence-corrected chi connectivity index (χ1v) is 6.79. The van der Waals surface area contributed by atoms with E-state index in [9.17, 15) is 4.79 Å². The van der Waals surface area contributed by atoms with Crippen LogP contribution in [0.3, 0.4) is 0 Å². The summed E-state index contributed by atoms with van der Waals surface area (Å²) in [6.07, 6.45) is 2.46. The highest BCUT2D eigenvalue weighted by Gasteiger charge is 2.08. The number of hydrogen-bond acceptors (Lipinski definition) is 4. The third-order valence-electron chi connectivity index (χ3n) is 2.82. The van der Waals surface area contributed by atoms with E-state index >= 15 is 0 Å². The molecule has 2 aromatic rings. The third-order valence-corrected chi connectivity index (χ3v) is 2.82. The maximum Gasteiger partial charge on any atom is 0.259 e. The van der Waals surface area contributed by atoms with Gasteiger partial charge in [-0.05, 0) is 31.4 Å². The molecule has 5 heteroatoms. The van der Waals surface area contributed by atoms with Gasteiger partial charge in [-0.1, -0.05) is 19.9 Å². The van der Waals surface area contributed by atoms with Crippen LogP contribution in [0, 0.1) is 5.92 Å². The Bertz CT molecular complexity index is 618. The van der Waals surface area contributed by atoms with Crippen LogP contribution < -0.4 is 10.3 Å². The van der Waals surface area contributed by atoms with E-state index in [-0.39, 0.29) is 5.56 Å². The molecule has 0 bridgehead atoms. The molecule has 0 aliphatic carbocycles. The highest BCUT2D eigenvalue weighted by atomic mass is 16.5. The quantitative estimate of drug-likeness (QED) is 0.838. The van der Waals surface area contributed by atoms with Gasteiger partial charge in [0.15, 0.2) is 5.82 Å². The van der Waals surface area contributed by atoms with E-state index in [0.717, 1.165) is 12.0 Å². The summed E-state index contributed by atoms with van der Waals surface area (Å²) in [6, 6.07) is 7.17. The van der Waals surface area contributed by atoms with Crippen LogP contribution in [0.5, 0.6) is 5.88 Å². The van der Waals surface area contributed by atoms with Crippen LogP contribution in [-0.4, -0.2) is 21.4 Å². The molecule has 2 rings (SSSR count). The molecule has 0 spiro atoms. The molecule has 2 aromatic heterocycles. The minimum atomic E-state index is -0.0420. The Morgan fingerprint density at radius 3 is 2.65 bits per heavy atom. The fraction of sp³-hybridized carbons (Fsp3) is 0.400. The maximum atomic E-state index is 12.4. The van der Waals surface area contributed by atoms with Gasteiger partial charge in [-0.25, -0.2) is 0 Å². The van der Waals surface area contributed by atoms with Gasteiger partial charge in [0.05, 0.1) is 6.61 Å². The molecule has 0 amide bonds. The van der Waals surface area contributed by atoms with Gasteiger partial charge in [0.2, 0.25) is 5.88 Å². The molecule has 5 nitrogen and oxygen atoms in total. The second-order valence-electron chi connectivity index (χ2n) is 4.97. The zero-order chi connectivity index (χ0) is 14.5. The van der Waals surface area contributed by atoms with Crippen molar-refractivity contribution in [3.8, 4) is 11.7 Å². The van der Waals surface area contributed by atoms with E-state index in [4.69, 9.17) is 4.74 Å². The SMILES string of the molecule is CCOc1ccc(-n2cccc(CC(C)C)c2=O)nn1. The Morgan fingerprint density at radius 2 is 2.05 bits per heavy atom. The molecular weight excluding hydrogens is 254 g/mol. The Labute approximate surface area is 118 Å². The molecule has 106 valence electrons. The molecular formula is C15H19N3O2. The first-order chi connectivity index (χ1) is 9.61. The summed E-state index contributed by atoms with van der Waals surface area (Å²) >= 11 is 0. The largest absolute Gasteiger partial charge is 0.477 e. The lowest BCUT2D eigenvalue weighted by molar-refractivity contribution is 0.322. The van der Waals surface area contributed by atoms with Crippen molar-refractivity contribution in [3.63, 3.8) is 0 Å². The van der Waals surface area contributed by atoms with Crippen molar-refractivity contribution in [2.45, 2.75) is 27.2 Å². The number of rotatable bonds is 5. The number of nitrogens with zero attached hydrogens (tertiary/aromatic N) is 3. The van der Waals surface area contributed by atoms with Crippen LogP contribution in [0.4, 0.5) is 0 Å². The number of ether oxygens (including phenoxy) is 1. The molecule has 0 aromatic carbocycles. The average Bonchev–Trinajstić information content (AvgIpc) is 2.42. The van der Waals surface area contributed by atoms with E-state index < -0.39 is 0 Å². The van der Waals surface area contributed by atoms with Gasteiger partial charge in [-0.3, -0.25) is 9.36 Å². The van der Waals surface area contributed by atoms with Crippen LogP contribution >= 0.6 is 0 Å². The van der Waals surface area contributed by atoms with Crippen molar-refractivity contribution < 1.29 is 4.74 Å². The summed E-state index contributed by atoms with van der Waals surface area (Å²) in [4.78, 5) is 12.4. The molecule has 2 heterocycles. The summed E-state index contributed by atoms with van der Waals surface area (Å²) in [7, 11) is 0. The zero-order valence-electron chi connectivity index (χ0n) is 12.0. The smallest absolute Gasteiger partial charge is 0.259 e. The fourth-order valence-corrected chi connectivity index (χ4v) is 1.98. The first-order valence-electron chi connectivity index (χ1n) is 6.79. The molecule has 0 atom stereocenters. The Kier molecular flexibility index (Phi) is 4.50.